The van der Waals surface area contributed by atoms with Crippen molar-refractivity contribution in [3.05, 3.63) is 30.5 Å². The number of nitrogens with zero attached hydrogens (tertiary/aromatic N) is 4. The highest BCUT2D eigenvalue weighted by Crippen LogP contribution is 2.25. The lowest BCUT2D eigenvalue weighted by Gasteiger charge is -2.32. The molecule has 27 heavy (non-hydrogen) atoms. The fraction of sp³-hybridized carbons (Fsp3) is 0.550. The molecule has 0 bridgehead atoms. The van der Waals surface area contributed by atoms with Crippen molar-refractivity contribution in [2.75, 3.05) is 41.8 Å². The molecule has 7 nitrogen and oxygen atoms in total. The van der Waals surface area contributed by atoms with Crippen molar-refractivity contribution in [2.45, 2.75) is 38.7 Å². The van der Waals surface area contributed by atoms with Gasteiger partial charge in [0, 0.05) is 37.6 Å². The minimum atomic E-state index is 0.246. The molecule has 0 spiro atoms. The minimum absolute atomic E-state index is 0.246. The van der Waals surface area contributed by atoms with E-state index in [9.17, 15) is 0 Å². The molecule has 1 atom stereocenters. The summed E-state index contributed by atoms with van der Waals surface area (Å²) >= 11 is 0. The van der Waals surface area contributed by atoms with Crippen LogP contribution in [0.5, 0.6) is 0 Å². The molecular weight excluding hydrogens is 340 g/mol. The van der Waals surface area contributed by atoms with Gasteiger partial charge >= 0.3 is 0 Å². The zero-order valence-electron chi connectivity index (χ0n) is 15.9. The average molecular weight is 368 g/mol. The topological polar surface area (TPSA) is 75.2 Å². The summed E-state index contributed by atoms with van der Waals surface area (Å²) in [5.41, 5.74) is 2.28. The van der Waals surface area contributed by atoms with Crippen molar-refractivity contribution >= 4 is 23.1 Å². The van der Waals surface area contributed by atoms with Crippen LogP contribution in [-0.4, -0.2) is 47.5 Å². The van der Waals surface area contributed by atoms with Crippen LogP contribution in [0.3, 0.4) is 0 Å². The molecule has 3 heterocycles. The van der Waals surface area contributed by atoms with E-state index in [0.717, 1.165) is 44.1 Å². The summed E-state index contributed by atoms with van der Waals surface area (Å²) in [4.78, 5) is 6.95. The van der Waals surface area contributed by atoms with E-state index in [1.165, 1.54) is 18.5 Å². The van der Waals surface area contributed by atoms with Gasteiger partial charge < -0.3 is 20.3 Å². The second-order valence-electron chi connectivity index (χ2n) is 7.52. The number of benzene rings is 1. The van der Waals surface area contributed by atoms with Crippen LogP contribution in [0.1, 0.15) is 32.6 Å². The van der Waals surface area contributed by atoms with Gasteiger partial charge in [0.25, 0.3) is 0 Å². The quantitative estimate of drug-likeness (QED) is 0.809. The molecule has 2 aromatic rings. The molecule has 7 heteroatoms. The van der Waals surface area contributed by atoms with E-state index in [1.54, 1.807) is 6.20 Å². The van der Waals surface area contributed by atoms with Gasteiger partial charge in [0.05, 0.1) is 12.3 Å². The minimum Gasteiger partial charge on any atom is -0.376 e. The third-order valence-electron chi connectivity index (χ3n) is 5.36. The van der Waals surface area contributed by atoms with E-state index in [1.807, 2.05) is 0 Å². The van der Waals surface area contributed by atoms with Crippen molar-refractivity contribution in [1.29, 1.82) is 0 Å². The van der Waals surface area contributed by atoms with E-state index >= 15 is 0 Å². The number of nitrogens with one attached hydrogen (secondary N) is 2. The lowest BCUT2D eigenvalue weighted by atomic mass is 9.99. The normalized spacial score (nSPS) is 20.6. The molecule has 4 rings (SSSR count). The van der Waals surface area contributed by atoms with Crippen molar-refractivity contribution in [3.8, 4) is 0 Å². The SMILES string of the molecule is CC1CCN(c2ccc(Nc3cnnc(NCC4CCCO4)n3)cc2)CC1. The van der Waals surface area contributed by atoms with Crippen molar-refractivity contribution in [1.82, 2.24) is 15.2 Å². The van der Waals surface area contributed by atoms with Crippen LogP contribution in [-0.2, 0) is 4.74 Å². The molecule has 2 N–H and O–H groups in total. The highest BCUT2D eigenvalue weighted by Gasteiger charge is 2.16. The molecule has 2 fully saturated rings. The van der Waals surface area contributed by atoms with Gasteiger partial charge in [-0.15, -0.1) is 5.10 Å². The smallest absolute Gasteiger partial charge is 0.244 e. The Labute approximate surface area is 160 Å². The first-order valence-electron chi connectivity index (χ1n) is 9.93. The fourth-order valence-electron chi connectivity index (χ4n) is 3.62. The molecule has 2 aliphatic rings. The Bertz CT molecular complexity index is 724. The Balaban J connectivity index is 1.33. The average Bonchev–Trinajstić information content (AvgIpc) is 3.22. The highest BCUT2D eigenvalue weighted by atomic mass is 16.5. The van der Waals surface area contributed by atoms with Crippen LogP contribution >= 0.6 is 0 Å². The van der Waals surface area contributed by atoms with E-state index < -0.39 is 0 Å². The lowest BCUT2D eigenvalue weighted by Crippen LogP contribution is -2.32. The van der Waals surface area contributed by atoms with Crippen LogP contribution in [0.2, 0.25) is 0 Å². The van der Waals surface area contributed by atoms with Gasteiger partial charge in [0.2, 0.25) is 5.95 Å². The molecule has 1 aromatic carbocycles. The van der Waals surface area contributed by atoms with Gasteiger partial charge in [-0.05, 0) is 55.9 Å². The van der Waals surface area contributed by atoms with Gasteiger partial charge in [0.1, 0.15) is 0 Å². The third-order valence-corrected chi connectivity index (χ3v) is 5.36. The van der Waals surface area contributed by atoms with Gasteiger partial charge in [-0.1, -0.05) is 6.92 Å². The van der Waals surface area contributed by atoms with Crippen molar-refractivity contribution < 1.29 is 4.74 Å². The second kappa shape index (κ2) is 8.52. The maximum Gasteiger partial charge on any atom is 0.244 e. The summed E-state index contributed by atoms with van der Waals surface area (Å²) in [6.45, 7) is 6.19. The summed E-state index contributed by atoms with van der Waals surface area (Å²) in [6.07, 6.45) is 6.63. The lowest BCUT2D eigenvalue weighted by molar-refractivity contribution is 0.120. The van der Waals surface area contributed by atoms with Crippen LogP contribution in [0.25, 0.3) is 0 Å². The highest BCUT2D eigenvalue weighted by molar-refractivity contribution is 5.60. The first-order valence-corrected chi connectivity index (χ1v) is 9.93. The maximum atomic E-state index is 5.61. The molecule has 1 aromatic heterocycles. The monoisotopic (exact) mass is 368 g/mol. The molecule has 144 valence electrons. The van der Waals surface area contributed by atoms with Gasteiger partial charge in [-0.3, -0.25) is 0 Å². The Morgan fingerprint density at radius 1 is 1.15 bits per heavy atom. The van der Waals surface area contributed by atoms with Crippen LogP contribution in [0.15, 0.2) is 30.5 Å². The standard InChI is InChI=1S/C20H28N6O/c1-15-8-10-26(11-9-15)17-6-4-16(5-7-17)23-19-14-22-25-20(24-19)21-13-18-3-2-12-27-18/h4-7,14-15,18H,2-3,8-13H2,1H3,(H2,21,23,24,25). The predicted molar refractivity (Wildman–Crippen MR) is 108 cm³/mol. The summed E-state index contributed by atoms with van der Waals surface area (Å²) in [5, 5.41) is 14.6. The van der Waals surface area contributed by atoms with E-state index in [0.29, 0.717) is 18.3 Å². The van der Waals surface area contributed by atoms with Crippen molar-refractivity contribution in [2.24, 2.45) is 5.92 Å². The van der Waals surface area contributed by atoms with Crippen LogP contribution in [0, 0.1) is 5.92 Å². The number of rotatable bonds is 6. The summed E-state index contributed by atoms with van der Waals surface area (Å²) < 4.78 is 5.61. The van der Waals surface area contributed by atoms with E-state index in [4.69, 9.17) is 4.74 Å². The van der Waals surface area contributed by atoms with Crippen molar-refractivity contribution in [3.63, 3.8) is 0 Å². The van der Waals surface area contributed by atoms with Crippen LogP contribution < -0.4 is 15.5 Å². The Morgan fingerprint density at radius 2 is 1.96 bits per heavy atom. The number of anilines is 4. The first kappa shape index (κ1) is 18.0. The number of aromatic nitrogens is 3. The van der Waals surface area contributed by atoms with Gasteiger partial charge in [-0.2, -0.15) is 10.1 Å². The summed E-state index contributed by atoms with van der Waals surface area (Å²) in [5.74, 6) is 2.05. The van der Waals surface area contributed by atoms with Gasteiger partial charge in [0.15, 0.2) is 5.82 Å². The molecule has 1 unspecified atom stereocenters. The number of hydrogen-bond acceptors (Lipinski definition) is 7. The maximum absolute atomic E-state index is 5.61. The molecular formula is C20H28N6O. The first-order chi connectivity index (χ1) is 13.3. The number of hydrogen-bond donors (Lipinski definition) is 2. The number of ether oxygens (including phenoxy) is 1. The zero-order valence-corrected chi connectivity index (χ0v) is 15.9. The molecule has 0 amide bonds. The summed E-state index contributed by atoms with van der Waals surface area (Å²) in [7, 11) is 0. The van der Waals surface area contributed by atoms with Crippen LogP contribution in [0.4, 0.5) is 23.1 Å². The number of piperidine rings is 1. The largest absolute Gasteiger partial charge is 0.376 e. The molecule has 2 aliphatic heterocycles. The zero-order chi connectivity index (χ0) is 18.5. The van der Waals surface area contributed by atoms with E-state index in [2.05, 4.69) is 61.9 Å². The second-order valence-corrected chi connectivity index (χ2v) is 7.52. The predicted octanol–water partition coefficient (Wildman–Crippen LogP) is 3.44. The molecule has 0 aliphatic carbocycles. The molecule has 0 radical (unpaired) electrons. The van der Waals surface area contributed by atoms with Gasteiger partial charge in [-0.25, -0.2) is 0 Å². The third kappa shape index (κ3) is 4.86. The van der Waals surface area contributed by atoms with E-state index in [-0.39, 0.29) is 6.10 Å². The Morgan fingerprint density at radius 3 is 2.70 bits per heavy atom. The Hall–Kier alpha value is -2.41. The fourth-order valence-corrected chi connectivity index (χ4v) is 3.62. The Kier molecular flexibility index (Phi) is 5.67. The molecule has 2 saturated heterocycles. The summed E-state index contributed by atoms with van der Waals surface area (Å²) in [6, 6.07) is 8.52. The molecule has 0 saturated carbocycles.